The monoisotopic (exact) mass is 672 g/mol. The summed E-state index contributed by atoms with van der Waals surface area (Å²) in [6.45, 7) is 14.2. The van der Waals surface area contributed by atoms with Gasteiger partial charge in [0.1, 0.15) is 28.8 Å². The molecule has 0 spiro atoms. The zero-order valence-corrected chi connectivity index (χ0v) is 29.7. The number of epoxide rings is 1. The van der Waals surface area contributed by atoms with E-state index >= 15 is 4.79 Å². The lowest BCUT2D eigenvalue weighted by atomic mass is 9.51. The molecule has 5 atom stereocenters. The van der Waals surface area contributed by atoms with Crippen molar-refractivity contribution in [2.24, 2.45) is 11.3 Å². The van der Waals surface area contributed by atoms with Crippen LogP contribution in [0.5, 0.6) is 0 Å². The summed E-state index contributed by atoms with van der Waals surface area (Å²) in [6, 6.07) is 0. The minimum Gasteiger partial charge on any atom is -0.451 e. The number of unbranched alkanes of at least 4 members (excludes halogenated alkanes) is 4. The van der Waals surface area contributed by atoms with Crippen molar-refractivity contribution in [3.8, 4) is 0 Å². The Labute approximate surface area is 281 Å². The standard InChI is InChI=1S/C36H48O12/c1-11-13-15-17-25(44-21(5)37)27-28(42)19(3)31(45-22(6)38)34(9,47-24(8)40)29(27)36(26(41)18-16-14-12-2)30(43)20(4)32(46-23(7)39)35(10)33(36)48-35/h29,33H,11-18H2,1-10H3/b27-25+/t29-,33+,34-,35+,36+/m1/s1. The number of hydrogen-bond donors (Lipinski definition) is 0. The van der Waals surface area contributed by atoms with E-state index in [-0.39, 0.29) is 46.8 Å². The van der Waals surface area contributed by atoms with Crippen LogP contribution in [-0.4, -0.2) is 58.5 Å². The van der Waals surface area contributed by atoms with Crippen LogP contribution >= 0.6 is 0 Å². The fourth-order valence-corrected chi connectivity index (χ4v) is 7.44. The van der Waals surface area contributed by atoms with Crippen molar-refractivity contribution in [3.05, 3.63) is 34.0 Å². The van der Waals surface area contributed by atoms with Crippen LogP contribution in [0.15, 0.2) is 34.0 Å². The van der Waals surface area contributed by atoms with Crippen LogP contribution in [0.2, 0.25) is 0 Å². The second-order valence-electron chi connectivity index (χ2n) is 13.1. The van der Waals surface area contributed by atoms with Crippen LogP contribution in [0.25, 0.3) is 0 Å². The van der Waals surface area contributed by atoms with Gasteiger partial charge in [0.25, 0.3) is 0 Å². The van der Waals surface area contributed by atoms with Gasteiger partial charge in [0.2, 0.25) is 0 Å². The van der Waals surface area contributed by atoms with Crippen LogP contribution in [0.3, 0.4) is 0 Å². The molecule has 2 aliphatic carbocycles. The quantitative estimate of drug-likeness (QED) is 0.0435. The molecule has 1 saturated heterocycles. The molecule has 1 heterocycles. The maximum absolute atomic E-state index is 15.1. The van der Waals surface area contributed by atoms with Gasteiger partial charge in [-0.2, -0.15) is 0 Å². The van der Waals surface area contributed by atoms with Crippen LogP contribution in [0, 0.1) is 11.3 Å². The Kier molecular flexibility index (Phi) is 11.8. The first-order valence-electron chi connectivity index (χ1n) is 16.6. The molecule has 0 aromatic heterocycles. The van der Waals surface area contributed by atoms with E-state index < -0.39 is 69.9 Å². The first-order chi connectivity index (χ1) is 22.4. The predicted molar refractivity (Wildman–Crippen MR) is 170 cm³/mol. The van der Waals surface area contributed by atoms with Gasteiger partial charge in [-0.1, -0.05) is 39.5 Å². The number of carbonyl (C=O) groups is 7. The topological polar surface area (TPSA) is 169 Å². The molecule has 0 aromatic rings. The minimum absolute atomic E-state index is 0.0704. The second kappa shape index (κ2) is 14.7. The maximum atomic E-state index is 15.1. The number of allylic oxidation sites excluding steroid dienone is 3. The molecular weight excluding hydrogens is 624 g/mol. The lowest BCUT2D eigenvalue weighted by Gasteiger charge is -2.51. The highest BCUT2D eigenvalue weighted by molar-refractivity contribution is 6.20. The smallest absolute Gasteiger partial charge is 0.307 e. The summed E-state index contributed by atoms with van der Waals surface area (Å²) >= 11 is 0. The van der Waals surface area contributed by atoms with Crippen molar-refractivity contribution in [1.82, 2.24) is 0 Å². The van der Waals surface area contributed by atoms with E-state index in [4.69, 9.17) is 23.7 Å². The van der Waals surface area contributed by atoms with Crippen molar-refractivity contribution in [2.45, 2.75) is 138 Å². The molecule has 0 saturated carbocycles. The highest BCUT2D eigenvalue weighted by atomic mass is 16.6. The third kappa shape index (κ3) is 6.81. The Morgan fingerprint density at radius 3 is 1.77 bits per heavy atom. The normalized spacial score (nSPS) is 29.2. The van der Waals surface area contributed by atoms with Crippen molar-refractivity contribution in [3.63, 3.8) is 0 Å². The molecule has 48 heavy (non-hydrogen) atoms. The zero-order valence-electron chi connectivity index (χ0n) is 29.7. The van der Waals surface area contributed by atoms with Gasteiger partial charge >= 0.3 is 23.9 Å². The van der Waals surface area contributed by atoms with Crippen LogP contribution in [-0.2, 0) is 57.2 Å². The number of fused-ring (bicyclic) bond motifs is 1. The summed E-state index contributed by atoms with van der Waals surface area (Å²) in [7, 11) is 0. The van der Waals surface area contributed by atoms with Gasteiger partial charge in [-0.15, -0.1) is 0 Å². The van der Waals surface area contributed by atoms with Gasteiger partial charge in [0.15, 0.2) is 28.5 Å². The minimum atomic E-state index is -2.28. The molecule has 0 unspecified atom stereocenters. The van der Waals surface area contributed by atoms with Crippen LogP contribution < -0.4 is 0 Å². The molecule has 1 fully saturated rings. The molecular formula is C36H48O12. The van der Waals surface area contributed by atoms with E-state index in [1.165, 1.54) is 27.7 Å². The molecule has 0 N–H and O–H groups in total. The van der Waals surface area contributed by atoms with Gasteiger partial charge in [-0.05, 0) is 40.5 Å². The maximum Gasteiger partial charge on any atom is 0.307 e. The first kappa shape index (κ1) is 38.5. The fourth-order valence-electron chi connectivity index (χ4n) is 7.44. The third-order valence-electron chi connectivity index (χ3n) is 9.29. The van der Waals surface area contributed by atoms with Gasteiger partial charge in [-0.25, -0.2) is 0 Å². The van der Waals surface area contributed by atoms with E-state index in [2.05, 4.69) is 0 Å². The Morgan fingerprint density at radius 2 is 1.27 bits per heavy atom. The number of rotatable bonds is 14. The van der Waals surface area contributed by atoms with E-state index in [0.29, 0.717) is 25.7 Å². The van der Waals surface area contributed by atoms with Crippen molar-refractivity contribution in [1.29, 1.82) is 0 Å². The largest absolute Gasteiger partial charge is 0.451 e. The van der Waals surface area contributed by atoms with E-state index in [9.17, 15) is 28.8 Å². The number of ether oxygens (including phenoxy) is 5. The summed E-state index contributed by atoms with van der Waals surface area (Å²) in [6.07, 6.45) is 2.39. The molecule has 0 aromatic carbocycles. The van der Waals surface area contributed by atoms with E-state index in [0.717, 1.165) is 33.6 Å². The van der Waals surface area contributed by atoms with Gasteiger partial charge in [0.05, 0.1) is 5.92 Å². The second-order valence-corrected chi connectivity index (χ2v) is 13.1. The molecule has 0 radical (unpaired) electrons. The van der Waals surface area contributed by atoms with Crippen molar-refractivity contribution in [2.75, 3.05) is 0 Å². The molecule has 12 nitrogen and oxygen atoms in total. The molecule has 3 rings (SSSR count). The van der Waals surface area contributed by atoms with Crippen molar-refractivity contribution < 1.29 is 57.2 Å². The number of ketones is 3. The lowest BCUT2D eigenvalue weighted by Crippen LogP contribution is -2.65. The zero-order chi connectivity index (χ0) is 36.4. The molecule has 0 bridgehead atoms. The summed E-state index contributed by atoms with van der Waals surface area (Å²) in [5, 5.41) is 0. The Hall–Kier alpha value is -3.93. The average molecular weight is 673 g/mol. The van der Waals surface area contributed by atoms with Gasteiger partial charge < -0.3 is 23.7 Å². The average Bonchev–Trinajstić information content (AvgIpc) is 3.68. The highest BCUT2D eigenvalue weighted by Crippen LogP contribution is 2.66. The molecule has 0 amide bonds. The summed E-state index contributed by atoms with van der Waals surface area (Å²) in [5.74, 6) is -7.56. The number of hydrogen-bond acceptors (Lipinski definition) is 12. The molecule has 264 valence electrons. The number of esters is 4. The summed E-state index contributed by atoms with van der Waals surface area (Å²) < 4.78 is 29.0. The summed E-state index contributed by atoms with van der Waals surface area (Å²) in [4.78, 5) is 94.9. The van der Waals surface area contributed by atoms with Gasteiger partial charge in [-0.3, -0.25) is 33.6 Å². The van der Waals surface area contributed by atoms with Crippen LogP contribution in [0.1, 0.15) is 121 Å². The molecule has 3 aliphatic rings. The Bertz CT molecular complexity index is 1510. The Balaban J connectivity index is 2.63. The van der Waals surface area contributed by atoms with Crippen molar-refractivity contribution >= 4 is 41.2 Å². The van der Waals surface area contributed by atoms with E-state index in [1.807, 2.05) is 13.8 Å². The number of Topliss-reactive ketones (excluding diaryl/α,β-unsaturated/α-hetero) is 3. The third-order valence-corrected chi connectivity index (χ3v) is 9.29. The summed E-state index contributed by atoms with van der Waals surface area (Å²) in [5.41, 5.74) is -6.36. The number of carbonyl (C=O) groups excluding carboxylic acids is 7. The lowest BCUT2D eigenvalue weighted by molar-refractivity contribution is -0.177. The van der Waals surface area contributed by atoms with Crippen LogP contribution in [0.4, 0.5) is 0 Å². The van der Waals surface area contributed by atoms with E-state index in [1.54, 1.807) is 6.92 Å². The van der Waals surface area contributed by atoms with Gasteiger partial charge in [0, 0.05) is 57.3 Å². The molecule has 1 aliphatic heterocycles. The first-order valence-corrected chi connectivity index (χ1v) is 16.6. The fraction of sp³-hybridized carbons (Fsp3) is 0.639. The Morgan fingerprint density at radius 1 is 0.729 bits per heavy atom. The SMILES string of the molecule is CCCCCC(=O)[C@]1([C@@H]2/C(=C(\CCCCC)OC(C)=O)C(=O)C(C)=C(OC(C)=O)[C@]2(C)OC(C)=O)C(=O)C(C)=C(OC(C)=O)[C@]2(C)O[C@H]12. The molecule has 12 heteroatoms. The highest BCUT2D eigenvalue weighted by Gasteiger charge is 2.80. The predicted octanol–water partition coefficient (Wildman–Crippen LogP) is 5.45.